The van der Waals surface area contributed by atoms with E-state index in [1.165, 1.54) is 0 Å². The summed E-state index contributed by atoms with van der Waals surface area (Å²) in [6.45, 7) is 3.91. The fraction of sp³-hybridized carbons (Fsp3) is 0.533. The molecule has 0 aromatic heterocycles. The molecule has 1 aliphatic carbocycles. The first-order valence-electron chi connectivity index (χ1n) is 6.64. The van der Waals surface area contributed by atoms with E-state index in [4.69, 9.17) is 9.47 Å². The lowest BCUT2D eigenvalue weighted by atomic mass is 10.1. The van der Waals surface area contributed by atoms with Crippen molar-refractivity contribution in [1.82, 2.24) is 0 Å². The number of carbonyl (C=O) groups is 1. The lowest BCUT2D eigenvalue weighted by Gasteiger charge is -2.15. The van der Waals surface area contributed by atoms with Crippen LogP contribution in [0, 0.1) is 5.92 Å². The molecular formula is C15H20O3. The molecule has 0 aliphatic heterocycles. The SMILES string of the molecule is CC(C)Oc1ccccc1OC(=O)C1CCCC1. The van der Waals surface area contributed by atoms with Crippen LogP contribution in [0.3, 0.4) is 0 Å². The molecule has 0 spiro atoms. The van der Waals surface area contributed by atoms with Gasteiger partial charge < -0.3 is 9.47 Å². The highest BCUT2D eigenvalue weighted by atomic mass is 16.6. The molecule has 1 aromatic rings. The molecule has 2 rings (SSSR count). The fourth-order valence-electron chi connectivity index (χ4n) is 2.24. The summed E-state index contributed by atoms with van der Waals surface area (Å²) in [4.78, 5) is 12.0. The molecule has 3 nitrogen and oxygen atoms in total. The van der Waals surface area contributed by atoms with Crippen LogP contribution in [0.1, 0.15) is 39.5 Å². The van der Waals surface area contributed by atoms with Crippen molar-refractivity contribution in [3.8, 4) is 11.5 Å². The maximum atomic E-state index is 12.0. The molecule has 0 saturated heterocycles. The van der Waals surface area contributed by atoms with Gasteiger partial charge in [-0.2, -0.15) is 0 Å². The van der Waals surface area contributed by atoms with Crippen LogP contribution in [0.5, 0.6) is 11.5 Å². The van der Waals surface area contributed by atoms with Crippen LogP contribution in [0.2, 0.25) is 0 Å². The third-order valence-electron chi connectivity index (χ3n) is 3.11. The molecule has 0 bridgehead atoms. The van der Waals surface area contributed by atoms with E-state index in [1.54, 1.807) is 6.07 Å². The molecule has 0 radical (unpaired) electrons. The summed E-state index contributed by atoms with van der Waals surface area (Å²) in [7, 11) is 0. The molecule has 0 atom stereocenters. The Balaban J connectivity index is 2.05. The number of hydrogen-bond acceptors (Lipinski definition) is 3. The van der Waals surface area contributed by atoms with E-state index in [9.17, 15) is 4.79 Å². The second kappa shape index (κ2) is 5.89. The topological polar surface area (TPSA) is 35.5 Å². The van der Waals surface area contributed by atoms with Crippen molar-refractivity contribution in [1.29, 1.82) is 0 Å². The Hall–Kier alpha value is -1.51. The Bertz CT molecular complexity index is 406. The molecular weight excluding hydrogens is 228 g/mol. The van der Waals surface area contributed by atoms with Crippen LogP contribution >= 0.6 is 0 Å². The quantitative estimate of drug-likeness (QED) is 0.603. The molecule has 0 unspecified atom stereocenters. The van der Waals surface area contributed by atoms with Gasteiger partial charge in [-0.05, 0) is 38.8 Å². The van der Waals surface area contributed by atoms with Gasteiger partial charge >= 0.3 is 5.97 Å². The third-order valence-corrected chi connectivity index (χ3v) is 3.11. The van der Waals surface area contributed by atoms with Gasteiger partial charge in [-0.15, -0.1) is 0 Å². The Morgan fingerprint density at radius 3 is 2.39 bits per heavy atom. The van der Waals surface area contributed by atoms with Gasteiger partial charge in [-0.1, -0.05) is 25.0 Å². The highest BCUT2D eigenvalue weighted by Gasteiger charge is 2.25. The Labute approximate surface area is 108 Å². The van der Waals surface area contributed by atoms with Crippen LogP contribution in [0.4, 0.5) is 0 Å². The van der Waals surface area contributed by atoms with Crippen LogP contribution in [-0.2, 0) is 4.79 Å². The summed E-state index contributed by atoms with van der Waals surface area (Å²) in [5, 5.41) is 0. The monoisotopic (exact) mass is 248 g/mol. The third kappa shape index (κ3) is 3.25. The zero-order chi connectivity index (χ0) is 13.0. The number of hydrogen-bond donors (Lipinski definition) is 0. The average Bonchev–Trinajstić information content (AvgIpc) is 2.84. The summed E-state index contributed by atoms with van der Waals surface area (Å²) in [6.07, 6.45) is 4.22. The van der Waals surface area contributed by atoms with E-state index >= 15 is 0 Å². The molecule has 1 aliphatic rings. The summed E-state index contributed by atoms with van der Waals surface area (Å²) in [5.41, 5.74) is 0. The van der Waals surface area contributed by atoms with Crippen LogP contribution in [-0.4, -0.2) is 12.1 Å². The minimum absolute atomic E-state index is 0.0660. The van der Waals surface area contributed by atoms with Crippen LogP contribution in [0.25, 0.3) is 0 Å². The van der Waals surface area contributed by atoms with E-state index in [0.29, 0.717) is 11.5 Å². The number of benzene rings is 1. The first-order chi connectivity index (χ1) is 8.66. The largest absolute Gasteiger partial charge is 0.487 e. The maximum absolute atomic E-state index is 12.0. The summed E-state index contributed by atoms with van der Waals surface area (Å²) in [5.74, 6) is 1.12. The van der Waals surface area contributed by atoms with Crippen LogP contribution < -0.4 is 9.47 Å². The number of rotatable bonds is 4. The van der Waals surface area contributed by atoms with E-state index in [0.717, 1.165) is 25.7 Å². The molecule has 1 aromatic carbocycles. The number of para-hydroxylation sites is 2. The minimum Gasteiger partial charge on any atom is -0.487 e. The van der Waals surface area contributed by atoms with Gasteiger partial charge in [-0.3, -0.25) is 4.79 Å². The predicted molar refractivity (Wildman–Crippen MR) is 69.8 cm³/mol. The van der Waals surface area contributed by atoms with Gasteiger partial charge in [0, 0.05) is 0 Å². The maximum Gasteiger partial charge on any atom is 0.314 e. The second-order valence-corrected chi connectivity index (χ2v) is 5.02. The predicted octanol–water partition coefficient (Wildman–Crippen LogP) is 3.57. The lowest BCUT2D eigenvalue weighted by molar-refractivity contribution is -0.138. The number of ether oxygens (including phenoxy) is 2. The molecule has 0 amide bonds. The smallest absolute Gasteiger partial charge is 0.314 e. The van der Waals surface area contributed by atoms with Crippen molar-refractivity contribution in [3.63, 3.8) is 0 Å². The Kier molecular flexibility index (Phi) is 4.24. The van der Waals surface area contributed by atoms with Gasteiger partial charge in [0.15, 0.2) is 11.5 Å². The summed E-state index contributed by atoms with van der Waals surface area (Å²) in [6, 6.07) is 7.34. The first-order valence-corrected chi connectivity index (χ1v) is 6.64. The van der Waals surface area contributed by atoms with Crippen molar-refractivity contribution in [2.24, 2.45) is 5.92 Å². The van der Waals surface area contributed by atoms with E-state index in [2.05, 4.69) is 0 Å². The minimum atomic E-state index is -0.118. The Morgan fingerprint density at radius 2 is 1.78 bits per heavy atom. The van der Waals surface area contributed by atoms with Crippen molar-refractivity contribution >= 4 is 5.97 Å². The normalized spacial score (nSPS) is 15.9. The second-order valence-electron chi connectivity index (χ2n) is 5.02. The molecule has 98 valence electrons. The first kappa shape index (κ1) is 12.9. The number of carbonyl (C=O) groups excluding carboxylic acids is 1. The standard InChI is InChI=1S/C15H20O3/c1-11(2)17-13-9-5-6-10-14(13)18-15(16)12-7-3-4-8-12/h5-6,9-12H,3-4,7-8H2,1-2H3. The molecule has 0 N–H and O–H groups in total. The van der Waals surface area contributed by atoms with Gasteiger partial charge in [0.25, 0.3) is 0 Å². The van der Waals surface area contributed by atoms with Crippen molar-refractivity contribution in [2.45, 2.75) is 45.6 Å². The van der Waals surface area contributed by atoms with E-state index in [-0.39, 0.29) is 18.0 Å². The van der Waals surface area contributed by atoms with E-state index in [1.807, 2.05) is 32.0 Å². The Morgan fingerprint density at radius 1 is 1.17 bits per heavy atom. The molecule has 18 heavy (non-hydrogen) atoms. The van der Waals surface area contributed by atoms with Crippen LogP contribution in [0.15, 0.2) is 24.3 Å². The summed E-state index contributed by atoms with van der Waals surface area (Å²) < 4.78 is 11.1. The van der Waals surface area contributed by atoms with Crippen molar-refractivity contribution < 1.29 is 14.3 Å². The van der Waals surface area contributed by atoms with Crippen molar-refractivity contribution in [3.05, 3.63) is 24.3 Å². The summed E-state index contributed by atoms with van der Waals surface area (Å²) >= 11 is 0. The highest BCUT2D eigenvalue weighted by molar-refractivity contribution is 5.76. The zero-order valence-electron chi connectivity index (χ0n) is 11.0. The molecule has 0 heterocycles. The van der Waals surface area contributed by atoms with Gasteiger partial charge in [0.05, 0.1) is 12.0 Å². The van der Waals surface area contributed by atoms with Gasteiger partial charge in [0.1, 0.15) is 0 Å². The zero-order valence-corrected chi connectivity index (χ0v) is 11.0. The molecule has 1 fully saturated rings. The lowest BCUT2D eigenvalue weighted by Crippen LogP contribution is -2.18. The number of esters is 1. The molecule has 1 saturated carbocycles. The van der Waals surface area contributed by atoms with Gasteiger partial charge in [-0.25, -0.2) is 0 Å². The fourth-order valence-corrected chi connectivity index (χ4v) is 2.24. The van der Waals surface area contributed by atoms with E-state index < -0.39 is 0 Å². The highest BCUT2D eigenvalue weighted by Crippen LogP contribution is 2.31. The van der Waals surface area contributed by atoms with Crippen molar-refractivity contribution in [2.75, 3.05) is 0 Å². The molecule has 3 heteroatoms. The van der Waals surface area contributed by atoms with Gasteiger partial charge in [0.2, 0.25) is 0 Å². The average molecular weight is 248 g/mol.